The minimum absolute atomic E-state index is 0.453. The van der Waals surface area contributed by atoms with Crippen LogP contribution in [0, 0.1) is 0 Å². The average molecular weight is 277 g/mol. The predicted octanol–water partition coefficient (Wildman–Crippen LogP) is 3.87. The average Bonchev–Trinajstić information content (AvgIpc) is 2.71. The molecule has 0 spiro atoms. The molecule has 1 aromatic heterocycles. The maximum Gasteiger partial charge on any atom is 0.0948 e. The number of benzene rings is 1. The van der Waals surface area contributed by atoms with Crippen LogP contribution in [0.25, 0.3) is 10.9 Å². The first-order valence-electron chi connectivity index (χ1n) is 6.72. The van der Waals surface area contributed by atoms with Crippen molar-refractivity contribution in [1.82, 2.24) is 4.98 Å². The van der Waals surface area contributed by atoms with E-state index in [2.05, 4.69) is 10.3 Å². The quantitative estimate of drug-likeness (QED) is 0.904. The Hall–Kier alpha value is -1.32. The Kier molecular flexibility index (Phi) is 3.85. The summed E-state index contributed by atoms with van der Waals surface area (Å²) in [6.45, 7) is 1.70. The van der Waals surface area contributed by atoms with E-state index in [1.54, 1.807) is 6.20 Å². The van der Waals surface area contributed by atoms with Gasteiger partial charge in [0.1, 0.15) is 0 Å². The Morgan fingerprint density at radius 3 is 3.11 bits per heavy atom. The molecule has 2 aromatic rings. The van der Waals surface area contributed by atoms with E-state index in [-0.39, 0.29) is 0 Å². The summed E-state index contributed by atoms with van der Waals surface area (Å²) in [5.74, 6) is 0. The fraction of sp³-hybridized carbons (Fsp3) is 0.400. The number of halogens is 1. The van der Waals surface area contributed by atoms with Crippen LogP contribution in [0.1, 0.15) is 19.3 Å². The fourth-order valence-corrected chi connectivity index (χ4v) is 2.74. The molecule has 1 atom stereocenters. The molecule has 3 nitrogen and oxygen atoms in total. The van der Waals surface area contributed by atoms with E-state index in [9.17, 15) is 0 Å². The van der Waals surface area contributed by atoms with Gasteiger partial charge in [0.2, 0.25) is 0 Å². The van der Waals surface area contributed by atoms with Crippen molar-refractivity contribution in [1.29, 1.82) is 0 Å². The molecule has 1 aliphatic rings. The molecule has 1 saturated heterocycles. The van der Waals surface area contributed by atoms with Crippen molar-refractivity contribution in [2.75, 3.05) is 18.5 Å². The molecule has 4 heteroatoms. The Labute approximate surface area is 117 Å². The van der Waals surface area contributed by atoms with Gasteiger partial charge in [0.15, 0.2) is 0 Å². The van der Waals surface area contributed by atoms with E-state index < -0.39 is 0 Å². The first-order valence-corrected chi connectivity index (χ1v) is 7.10. The third-order valence-electron chi connectivity index (χ3n) is 3.53. The molecule has 0 amide bonds. The predicted molar refractivity (Wildman–Crippen MR) is 78.8 cm³/mol. The SMILES string of the molecule is Clc1ccc(NC2CCCOCC2)c2ncccc12. The van der Waals surface area contributed by atoms with E-state index in [0.717, 1.165) is 54.1 Å². The molecule has 1 aliphatic heterocycles. The van der Waals surface area contributed by atoms with E-state index >= 15 is 0 Å². The molecule has 3 rings (SSSR count). The second-order valence-electron chi connectivity index (χ2n) is 4.88. The van der Waals surface area contributed by atoms with Crippen molar-refractivity contribution in [3.8, 4) is 0 Å². The number of nitrogens with zero attached hydrogens (tertiary/aromatic N) is 1. The summed E-state index contributed by atoms with van der Waals surface area (Å²) in [5, 5.41) is 5.34. The highest BCUT2D eigenvalue weighted by molar-refractivity contribution is 6.35. The van der Waals surface area contributed by atoms with Crippen molar-refractivity contribution in [3.05, 3.63) is 35.5 Å². The highest BCUT2D eigenvalue weighted by Crippen LogP contribution is 2.29. The monoisotopic (exact) mass is 276 g/mol. The van der Waals surface area contributed by atoms with Crippen molar-refractivity contribution >= 4 is 28.2 Å². The number of hydrogen-bond donors (Lipinski definition) is 1. The summed E-state index contributed by atoms with van der Waals surface area (Å²) < 4.78 is 5.49. The van der Waals surface area contributed by atoms with Crippen LogP contribution in [-0.4, -0.2) is 24.2 Å². The third-order valence-corrected chi connectivity index (χ3v) is 3.86. The zero-order valence-corrected chi connectivity index (χ0v) is 11.5. The lowest BCUT2D eigenvalue weighted by molar-refractivity contribution is 0.144. The molecule has 0 saturated carbocycles. The number of hydrogen-bond acceptors (Lipinski definition) is 3. The van der Waals surface area contributed by atoms with E-state index in [1.165, 1.54) is 0 Å². The normalized spacial score (nSPS) is 20.2. The number of anilines is 1. The Balaban J connectivity index is 1.90. The zero-order chi connectivity index (χ0) is 13.1. The molecule has 0 radical (unpaired) electrons. The fourth-order valence-electron chi connectivity index (χ4n) is 2.52. The van der Waals surface area contributed by atoms with Crippen molar-refractivity contribution in [2.45, 2.75) is 25.3 Å². The van der Waals surface area contributed by atoms with E-state index in [0.29, 0.717) is 6.04 Å². The highest BCUT2D eigenvalue weighted by atomic mass is 35.5. The van der Waals surface area contributed by atoms with E-state index in [4.69, 9.17) is 16.3 Å². The van der Waals surface area contributed by atoms with Crippen LogP contribution in [0.3, 0.4) is 0 Å². The molecule has 100 valence electrons. The minimum Gasteiger partial charge on any atom is -0.381 e. The first-order chi connectivity index (χ1) is 9.34. The summed E-state index contributed by atoms with van der Waals surface area (Å²) in [5.41, 5.74) is 2.01. The molecule has 0 aliphatic carbocycles. The summed E-state index contributed by atoms with van der Waals surface area (Å²) in [7, 11) is 0. The van der Waals surface area contributed by atoms with Gasteiger partial charge in [-0.2, -0.15) is 0 Å². The summed E-state index contributed by atoms with van der Waals surface area (Å²) in [6, 6.07) is 8.32. The largest absolute Gasteiger partial charge is 0.381 e. The number of fused-ring (bicyclic) bond motifs is 1. The number of nitrogens with one attached hydrogen (secondary N) is 1. The van der Waals surface area contributed by atoms with Crippen molar-refractivity contribution < 1.29 is 4.74 Å². The summed E-state index contributed by atoms with van der Waals surface area (Å²) in [6.07, 6.45) is 5.09. The molecule has 19 heavy (non-hydrogen) atoms. The van der Waals surface area contributed by atoms with E-state index in [1.807, 2.05) is 24.3 Å². The van der Waals surface area contributed by atoms with Gasteiger partial charge >= 0.3 is 0 Å². The van der Waals surface area contributed by atoms with Gasteiger partial charge in [-0.1, -0.05) is 11.6 Å². The van der Waals surface area contributed by atoms with Crippen LogP contribution in [0.5, 0.6) is 0 Å². The lowest BCUT2D eigenvalue weighted by Gasteiger charge is -2.18. The molecule has 1 fully saturated rings. The van der Waals surface area contributed by atoms with Gasteiger partial charge in [0, 0.05) is 30.8 Å². The van der Waals surface area contributed by atoms with Crippen molar-refractivity contribution in [2.24, 2.45) is 0 Å². The molecular weight excluding hydrogens is 260 g/mol. The zero-order valence-electron chi connectivity index (χ0n) is 10.7. The highest BCUT2D eigenvalue weighted by Gasteiger charge is 2.14. The third kappa shape index (κ3) is 2.82. The van der Waals surface area contributed by atoms with Crippen LogP contribution in [-0.2, 0) is 4.74 Å². The second kappa shape index (κ2) is 5.76. The van der Waals surface area contributed by atoms with Crippen molar-refractivity contribution in [3.63, 3.8) is 0 Å². The molecule has 1 N–H and O–H groups in total. The van der Waals surface area contributed by atoms with Crippen LogP contribution in [0.4, 0.5) is 5.69 Å². The topological polar surface area (TPSA) is 34.1 Å². The summed E-state index contributed by atoms with van der Waals surface area (Å²) >= 11 is 6.21. The molecule has 1 unspecified atom stereocenters. The van der Waals surface area contributed by atoms with Gasteiger partial charge in [0.05, 0.1) is 16.2 Å². The molecule has 1 aromatic carbocycles. The van der Waals surface area contributed by atoms with Gasteiger partial charge in [0.25, 0.3) is 0 Å². The first kappa shape index (κ1) is 12.7. The standard InChI is InChI=1S/C15H17ClN2O/c16-13-5-6-14(15-12(13)4-1-8-17-15)18-11-3-2-9-19-10-7-11/h1,4-6,8,11,18H,2-3,7,9-10H2. The summed E-state index contributed by atoms with van der Waals surface area (Å²) in [4.78, 5) is 4.45. The number of ether oxygens (including phenoxy) is 1. The van der Waals surface area contributed by atoms with Gasteiger partial charge in [-0.05, 0) is 43.5 Å². The van der Waals surface area contributed by atoms with Crippen LogP contribution in [0.15, 0.2) is 30.5 Å². The number of aromatic nitrogens is 1. The van der Waals surface area contributed by atoms with Crippen LogP contribution in [0.2, 0.25) is 5.02 Å². The Morgan fingerprint density at radius 2 is 2.16 bits per heavy atom. The Bertz CT molecular complexity index is 565. The number of rotatable bonds is 2. The van der Waals surface area contributed by atoms with Crippen LogP contribution < -0.4 is 5.32 Å². The Morgan fingerprint density at radius 1 is 1.21 bits per heavy atom. The van der Waals surface area contributed by atoms with Gasteiger partial charge in [-0.15, -0.1) is 0 Å². The maximum atomic E-state index is 6.21. The van der Waals surface area contributed by atoms with Gasteiger partial charge in [-0.3, -0.25) is 4.98 Å². The van der Waals surface area contributed by atoms with Gasteiger partial charge in [-0.25, -0.2) is 0 Å². The lowest BCUT2D eigenvalue weighted by atomic mass is 10.1. The lowest BCUT2D eigenvalue weighted by Crippen LogP contribution is -2.19. The number of pyridine rings is 1. The second-order valence-corrected chi connectivity index (χ2v) is 5.29. The molecule has 2 heterocycles. The van der Waals surface area contributed by atoms with Crippen LogP contribution >= 0.6 is 11.6 Å². The minimum atomic E-state index is 0.453. The molecule has 0 bridgehead atoms. The molecular formula is C15H17ClN2O. The smallest absolute Gasteiger partial charge is 0.0948 e. The van der Waals surface area contributed by atoms with Gasteiger partial charge < -0.3 is 10.1 Å². The maximum absolute atomic E-state index is 6.21.